The second kappa shape index (κ2) is 13.2. The van der Waals surface area contributed by atoms with E-state index in [1.54, 1.807) is 28.8 Å². The standard InChI is InChI=1S/C28H31F2N7O4/c1-16-14-17(4-5-18(16)27(38)34-10-3-9-32-11-8-20(31)28(39)40)36-25-26-35-15-21(37(26)13-12-33-25)19-6-7-22(41-2)24(30)23(19)29/h4-7,12-15,20,32H,3,8-11,31H2,1-2H3,(H,33,36)(H,34,38)(H,39,40). The van der Waals surface area contributed by atoms with Crippen LogP contribution in [0.3, 0.4) is 0 Å². The third kappa shape index (κ3) is 6.76. The van der Waals surface area contributed by atoms with Crippen LogP contribution in [0.1, 0.15) is 28.8 Å². The first-order valence-corrected chi connectivity index (χ1v) is 12.9. The minimum atomic E-state index is -1.08. The van der Waals surface area contributed by atoms with Crippen LogP contribution in [0, 0.1) is 18.6 Å². The van der Waals surface area contributed by atoms with Crippen molar-refractivity contribution >= 4 is 29.0 Å². The summed E-state index contributed by atoms with van der Waals surface area (Å²) in [6, 6.07) is 7.13. The molecule has 13 heteroatoms. The Kier molecular flexibility index (Phi) is 9.42. The number of carboxylic acid groups (broad SMARTS) is 1. The number of nitrogens with zero attached hydrogens (tertiary/aromatic N) is 3. The number of hydrogen-bond donors (Lipinski definition) is 5. The number of benzene rings is 2. The van der Waals surface area contributed by atoms with Crippen LogP contribution < -0.4 is 26.4 Å². The number of halogens is 2. The van der Waals surface area contributed by atoms with Crippen LogP contribution in [-0.2, 0) is 4.79 Å². The number of rotatable bonds is 13. The van der Waals surface area contributed by atoms with E-state index in [0.29, 0.717) is 60.9 Å². The number of methoxy groups -OCH3 is 1. The number of hydrogen-bond acceptors (Lipinski definition) is 8. The van der Waals surface area contributed by atoms with Crippen molar-refractivity contribution in [1.82, 2.24) is 25.0 Å². The molecule has 4 rings (SSSR count). The first kappa shape index (κ1) is 29.4. The minimum Gasteiger partial charge on any atom is -0.494 e. The van der Waals surface area contributed by atoms with Gasteiger partial charge in [-0.15, -0.1) is 0 Å². The van der Waals surface area contributed by atoms with Crippen molar-refractivity contribution in [2.75, 3.05) is 32.1 Å². The number of carbonyl (C=O) groups is 2. The number of carboxylic acids is 1. The van der Waals surface area contributed by atoms with E-state index in [0.717, 1.165) is 5.56 Å². The molecule has 4 aromatic rings. The summed E-state index contributed by atoms with van der Waals surface area (Å²) in [5.74, 6) is -3.17. The molecule has 0 aliphatic heterocycles. The van der Waals surface area contributed by atoms with Crippen LogP contribution >= 0.6 is 0 Å². The lowest BCUT2D eigenvalue weighted by atomic mass is 10.1. The molecule has 11 nitrogen and oxygen atoms in total. The maximum absolute atomic E-state index is 14.7. The van der Waals surface area contributed by atoms with Gasteiger partial charge in [-0.05, 0) is 68.8 Å². The molecule has 0 saturated heterocycles. The van der Waals surface area contributed by atoms with Crippen LogP contribution in [0.15, 0.2) is 48.9 Å². The van der Waals surface area contributed by atoms with Crippen molar-refractivity contribution in [3.63, 3.8) is 0 Å². The first-order valence-electron chi connectivity index (χ1n) is 12.9. The lowest BCUT2D eigenvalue weighted by Gasteiger charge is -2.12. The average Bonchev–Trinajstić information content (AvgIpc) is 3.38. The first-order chi connectivity index (χ1) is 19.7. The molecule has 0 aliphatic rings. The van der Waals surface area contributed by atoms with E-state index in [9.17, 15) is 18.4 Å². The van der Waals surface area contributed by atoms with Gasteiger partial charge >= 0.3 is 5.97 Å². The molecule has 2 aromatic heterocycles. The van der Waals surface area contributed by atoms with Gasteiger partial charge in [0.25, 0.3) is 5.91 Å². The fourth-order valence-corrected chi connectivity index (χ4v) is 4.24. The van der Waals surface area contributed by atoms with Gasteiger partial charge in [-0.1, -0.05) is 0 Å². The van der Waals surface area contributed by atoms with Crippen molar-refractivity contribution in [1.29, 1.82) is 0 Å². The number of amides is 1. The number of aromatic nitrogens is 3. The number of nitrogens with two attached hydrogens (primary N) is 1. The summed E-state index contributed by atoms with van der Waals surface area (Å²) >= 11 is 0. The molecule has 0 spiro atoms. The number of imidazole rings is 1. The van der Waals surface area contributed by atoms with E-state index in [2.05, 4.69) is 25.9 Å². The summed E-state index contributed by atoms with van der Waals surface area (Å²) < 4.78 is 35.5. The van der Waals surface area contributed by atoms with Gasteiger partial charge in [-0.25, -0.2) is 14.4 Å². The Morgan fingerprint density at radius 3 is 2.66 bits per heavy atom. The molecule has 2 heterocycles. The molecule has 1 atom stereocenters. The number of aliphatic carboxylic acids is 1. The number of anilines is 2. The Hall–Kier alpha value is -4.62. The molecule has 0 saturated carbocycles. The largest absolute Gasteiger partial charge is 0.494 e. The third-order valence-corrected chi connectivity index (χ3v) is 6.47. The van der Waals surface area contributed by atoms with E-state index in [1.807, 2.05) is 6.92 Å². The van der Waals surface area contributed by atoms with Gasteiger partial charge in [0.05, 0.1) is 19.0 Å². The van der Waals surface area contributed by atoms with E-state index in [-0.39, 0.29) is 17.2 Å². The molecule has 6 N–H and O–H groups in total. The quantitative estimate of drug-likeness (QED) is 0.153. The zero-order chi connectivity index (χ0) is 29.5. The van der Waals surface area contributed by atoms with Gasteiger partial charge in [0, 0.05) is 35.8 Å². The highest BCUT2D eigenvalue weighted by molar-refractivity contribution is 5.96. The van der Waals surface area contributed by atoms with Crippen LogP contribution in [-0.4, -0.2) is 64.1 Å². The van der Waals surface area contributed by atoms with E-state index in [1.165, 1.54) is 31.6 Å². The lowest BCUT2D eigenvalue weighted by molar-refractivity contribution is -0.138. The molecule has 0 radical (unpaired) electrons. The zero-order valence-corrected chi connectivity index (χ0v) is 22.6. The second-order valence-electron chi connectivity index (χ2n) is 9.30. The predicted octanol–water partition coefficient (Wildman–Crippen LogP) is 3.25. The van der Waals surface area contributed by atoms with Gasteiger partial charge in [-0.2, -0.15) is 4.39 Å². The molecule has 2 aromatic carbocycles. The van der Waals surface area contributed by atoms with Gasteiger partial charge < -0.3 is 31.5 Å². The zero-order valence-electron chi connectivity index (χ0n) is 22.6. The second-order valence-corrected chi connectivity index (χ2v) is 9.30. The molecule has 0 fully saturated rings. The van der Waals surface area contributed by atoms with Crippen LogP contribution in [0.4, 0.5) is 20.3 Å². The van der Waals surface area contributed by atoms with Gasteiger partial charge in [0.15, 0.2) is 23.0 Å². The normalized spacial score (nSPS) is 11.8. The topological polar surface area (TPSA) is 156 Å². The molecule has 1 amide bonds. The molecular formula is C28H31F2N7O4. The van der Waals surface area contributed by atoms with Gasteiger partial charge in [-0.3, -0.25) is 14.0 Å². The summed E-state index contributed by atoms with van der Waals surface area (Å²) in [5.41, 5.74) is 8.14. The number of ether oxygens (including phenoxy) is 1. The number of carbonyl (C=O) groups excluding carboxylic acids is 1. The Morgan fingerprint density at radius 1 is 1.12 bits per heavy atom. The van der Waals surface area contributed by atoms with E-state index >= 15 is 0 Å². The van der Waals surface area contributed by atoms with Gasteiger partial charge in [0.2, 0.25) is 5.82 Å². The Labute approximate surface area is 234 Å². The fourth-order valence-electron chi connectivity index (χ4n) is 4.24. The Balaban J connectivity index is 1.38. The maximum Gasteiger partial charge on any atom is 0.320 e. The van der Waals surface area contributed by atoms with Crippen molar-refractivity contribution in [2.45, 2.75) is 25.8 Å². The Bertz CT molecular complexity index is 1560. The SMILES string of the molecule is COc1ccc(-c2cnc3c(Nc4ccc(C(=O)NCCCNCCC(N)C(=O)O)c(C)c4)nccn23)c(F)c1F. The van der Waals surface area contributed by atoms with Crippen LogP contribution in [0.2, 0.25) is 0 Å². The van der Waals surface area contributed by atoms with Crippen LogP contribution in [0.25, 0.3) is 16.9 Å². The molecule has 1 unspecified atom stereocenters. The van der Waals surface area contributed by atoms with Crippen molar-refractivity contribution in [3.05, 3.63) is 71.7 Å². The molecule has 0 bridgehead atoms. The molecular weight excluding hydrogens is 536 g/mol. The van der Waals surface area contributed by atoms with E-state index in [4.69, 9.17) is 15.6 Å². The molecule has 216 valence electrons. The summed E-state index contributed by atoms with van der Waals surface area (Å²) in [7, 11) is 1.27. The fraction of sp³-hybridized carbons (Fsp3) is 0.286. The number of aryl methyl sites for hydroxylation is 1. The highest BCUT2D eigenvalue weighted by Gasteiger charge is 2.19. The van der Waals surface area contributed by atoms with Crippen molar-refractivity contribution < 1.29 is 28.2 Å². The average molecular weight is 568 g/mol. The molecule has 0 aliphatic carbocycles. The van der Waals surface area contributed by atoms with Crippen LogP contribution in [0.5, 0.6) is 5.75 Å². The third-order valence-electron chi connectivity index (χ3n) is 6.47. The highest BCUT2D eigenvalue weighted by Crippen LogP contribution is 2.31. The smallest absolute Gasteiger partial charge is 0.320 e. The summed E-state index contributed by atoms with van der Waals surface area (Å²) in [5, 5.41) is 17.9. The van der Waals surface area contributed by atoms with Crippen molar-refractivity contribution in [2.24, 2.45) is 5.73 Å². The molecule has 41 heavy (non-hydrogen) atoms. The summed E-state index contributed by atoms with van der Waals surface area (Å²) in [6.07, 6.45) is 5.55. The minimum absolute atomic E-state index is 0.0253. The number of fused-ring (bicyclic) bond motifs is 1. The van der Waals surface area contributed by atoms with Crippen molar-refractivity contribution in [3.8, 4) is 17.0 Å². The number of nitrogens with one attached hydrogen (secondary N) is 3. The summed E-state index contributed by atoms with van der Waals surface area (Å²) in [4.78, 5) is 32.1. The van der Waals surface area contributed by atoms with E-state index < -0.39 is 23.6 Å². The monoisotopic (exact) mass is 567 g/mol. The Morgan fingerprint density at radius 2 is 1.93 bits per heavy atom. The predicted molar refractivity (Wildman–Crippen MR) is 149 cm³/mol. The maximum atomic E-state index is 14.7. The van der Waals surface area contributed by atoms with Gasteiger partial charge in [0.1, 0.15) is 6.04 Å². The summed E-state index contributed by atoms with van der Waals surface area (Å²) in [6.45, 7) is 3.36. The lowest BCUT2D eigenvalue weighted by Crippen LogP contribution is -2.34. The highest BCUT2D eigenvalue weighted by atomic mass is 19.2.